The molecule has 2 aromatic rings. The van der Waals surface area contributed by atoms with Crippen molar-refractivity contribution in [2.45, 2.75) is 68.3 Å². The number of ether oxygens (including phenoxy) is 2. The molecule has 2 saturated carbocycles. The Hall–Kier alpha value is -2.08. The van der Waals surface area contributed by atoms with Crippen molar-refractivity contribution in [2.75, 3.05) is 20.1 Å². The lowest BCUT2D eigenvalue weighted by atomic mass is 9.48. The van der Waals surface area contributed by atoms with Gasteiger partial charge in [-0.05, 0) is 48.6 Å². The van der Waals surface area contributed by atoms with E-state index in [1.54, 1.807) is 6.07 Å². The number of rotatable bonds is 5. The Bertz CT molecular complexity index is 1190. The Labute approximate surface area is 205 Å². The Morgan fingerprint density at radius 1 is 1.18 bits per heavy atom. The molecule has 0 aromatic heterocycles. The summed E-state index contributed by atoms with van der Waals surface area (Å²) in [6, 6.07) is 11.9. The zero-order chi connectivity index (χ0) is 23.3. The van der Waals surface area contributed by atoms with E-state index in [2.05, 4.69) is 13.1 Å². The smallest absolute Gasteiger partial charge is 0.174 e. The number of likely N-dealkylation sites (N-methyl/N-ethyl adjacent to an activating group) is 1. The van der Waals surface area contributed by atoms with Crippen LogP contribution in [0.5, 0.6) is 11.5 Å². The second-order valence-electron chi connectivity index (χ2n) is 11.5. The summed E-state index contributed by atoms with van der Waals surface area (Å²) in [5.74, 6) is 1.60. The minimum absolute atomic E-state index is 0.140. The Balaban J connectivity index is 1.41. The largest absolute Gasteiger partial charge is 0.504 e. The lowest BCUT2D eigenvalue weighted by Crippen LogP contribution is -2.81. The summed E-state index contributed by atoms with van der Waals surface area (Å²) in [5, 5.41) is 11.5. The predicted molar refractivity (Wildman–Crippen MR) is 128 cm³/mol. The van der Waals surface area contributed by atoms with Gasteiger partial charge in [0.05, 0.1) is 32.2 Å². The molecule has 5 atom stereocenters. The third kappa shape index (κ3) is 2.66. The number of phenols is 1. The van der Waals surface area contributed by atoms with Crippen LogP contribution in [0.3, 0.4) is 0 Å². The number of Topliss-reactive ketones (excluding diaryl/α,β-unsaturated/α-hetero) is 1. The molecule has 34 heavy (non-hydrogen) atoms. The first-order valence-electron chi connectivity index (χ1n) is 12.6. The van der Waals surface area contributed by atoms with Crippen molar-refractivity contribution < 1.29 is 23.9 Å². The third-order valence-electron chi connectivity index (χ3n) is 9.65. The van der Waals surface area contributed by atoms with Gasteiger partial charge in [-0.15, -0.1) is 0 Å². The van der Waals surface area contributed by atoms with E-state index in [0.29, 0.717) is 30.2 Å². The topological polar surface area (TPSA) is 55.8 Å². The fourth-order valence-electron chi connectivity index (χ4n) is 7.99. The number of quaternary nitrogens is 1. The summed E-state index contributed by atoms with van der Waals surface area (Å²) in [6.07, 6.45) is 4.96. The highest BCUT2D eigenvalue weighted by Gasteiger charge is 2.77. The number of aromatic hydroxyl groups is 1. The number of phenolic OH excluding ortho intramolecular Hbond substituents is 1. The maximum atomic E-state index is 13.4. The molecule has 1 saturated heterocycles. The highest BCUT2D eigenvalue weighted by molar-refractivity contribution is 6.30. The second-order valence-corrected chi connectivity index (χ2v) is 11.9. The first kappa shape index (κ1) is 21.2. The Morgan fingerprint density at radius 2 is 1.97 bits per heavy atom. The van der Waals surface area contributed by atoms with Crippen LogP contribution in [-0.2, 0) is 28.0 Å². The third-order valence-corrected chi connectivity index (χ3v) is 9.90. The molecule has 0 radical (unpaired) electrons. The minimum atomic E-state index is -0.578. The van der Waals surface area contributed by atoms with E-state index in [1.807, 2.05) is 24.3 Å². The predicted octanol–water partition coefficient (Wildman–Crippen LogP) is 4.55. The highest BCUT2D eigenvalue weighted by Crippen LogP contribution is 2.67. The summed E-state index contributed by atoms with van der Waals surface area (Å²) < 4.78 is 14.5. The molecule has 0 unspecified atom stereocenters. The van der Waals surface area contributed by atoms with E-state index in [1.165, 1.54) is 24.9 Å². The second kappa shape index (κ2) is 6.99. The molecule has 2 heterocycles. The highest BCUT2D eigenvalue weighted by atomic mass is 35.5. The van der Waals surface area contributed by atoms with Crippen LogP contribution in [0.4, 0.5) is 0 Å². The number of carbonyl (C=O) groups excluding carboxylic acids is 1. The van der Waals surface area contributed by atoms with E-state index >= 15 is 0 Å². The molecule has 0 amide bonds. The van der Waals surface area contributed by atoms with E-state index in [4.69, 9.17) is 21.1 Å². The zero-order valence-electron chi connectivity index (χ0n) is 19.6. The first-order chi connectivity index (χ1) is 16.4. The molecule has 5 nitrogen and oxygen atoms in total. The van der Waals surface area contributed by atoms with Gasteiger partial charge in [-0.3, -0.25) is 4.79 Å². The van der Waals surface area contributed by atoms with E-state index in [0.717, 1.165) is 40.9 Å². The van der Waals surface area contributed by atoms with Crippen molar-refractivity contribution in [3.63, 3.8) is 0 Å². The van der Waals surface area contributed by atoms with Crippen LogP contribution in [-0.4, -0.2) is 53.3 Å². The van der Waals surface area contributed by atoms with Gasteiger partial charge in [-0.2, -0.15) is 0 Å². The maximum absolute atomic E-state index is 13.4. The molecule has 2 aromatic carbocycles. The van der Waals surface area contributed by atoms with Crippen molar-refractivity contribution in [3.05, 3.63) is 58.1 Å². The lowest BCUT2D eigenvalue weighted by Gasteiger charge is -2.66. The number of carbonyl (C=O) groups is 1. The monoisotopic (exact) mass is 480 g/mol. The van der Waals surface area contributed by atoms with Crippen LogP contribution in [0.15, 0.2) is 36.4 Å². The molecule has 7 rings (SSSR count). The van der Waals surface area contributed by atoms with Crippen molar-refractivity contribution in [1.82, 2.24) is 0 Å². The number of likely N-dealkylation sites (tertiary alicyclic amines) is 1. The van der Waals surface area contributed by atoms with Gasteiger partial charge in [-0.25, -0.2) is 0 Å². The zero-order valence-corrected chi connectivity index (χ0v) is 20.3. The number of piperidine rings is 1. The van der Waals surface area contributed by atoms with Crippen LogP contribution in [0.25, 0.3) is 0 Å². The average molecular weight is 481 g/mol. The molecule has 5 aliphatic rings. The molecule has 2 bridgehead atoms. The fourth-order valence-corrected chi connectivity index (χ4v) is 8.12. The van der Waals surface area contributed by atoms with E-state index < -0.39 is 17.1 Å². The van der Waals surface area contributed by atoms with Crippen molar-refractivity contribution in [2.24, 2.45) is 5.92 Å². The average Bonchev–Trinajstić information content (AvgIpc) is 3.55. The van der Waals surface area contributed by atoms with Crippen LogP contribution >= 0.6 is 11.6 Å². The van der Waals surface area contributed by atoms with Gasteiger partial charge in [0.2, 0.25) is 0 Å². The fraction of sp³-hybridized carbons (Fsp3) is 0.536. The number of ketones is 1. The summed E-state index contributed by atoms with van der Waals surface area (Å²) in [7, 11) is 2.41. The molecule has 1 spiro atoms. The summed E-state index contributed by atoms with van der Waals surface area (Å²) in [5.41, 5.74) is 2.30. The number of nitrogens with zero attached hydrogens (tertiary/aromatic N) is 1. The Kier molecular flexibility index (Phi) is 4.36. The SMILES string of the molecule is C[N@+]1(CC2CC2)CC[C@]23c4c5ccc(O)c4O[C@H]2C(=O)CC[C@@]3(OCc2ccc(Cl)cc2)[C@H]1C5. The lowest BCUT2D eigenvalue weighted by molar-refractivity contribution is -0.950. The standard InChI is InChI=1S/C28H30ClNO4/c1-30(15-17-2-3-17)13-12-27-24-19-6-9-21(31)25(24)34-26(27)22(32)10-11-28(27,23(30)14-19)33-16-18-4-7-20(29)8-5-18/h4-9,17,23,26H,2-3,10-16H2,1H3/p+1/t23-,26+,27+,28-,30-/m1/s1. The molecular weight excluding hydrogens is 450 g/mol. The van der Waals surface area contributed by atoms with Gasteiger partial charge >= 0.3 is 0 Å². The molecular formula is C28H31ClNO4+. The minimum Gasteiger partial charge on any atom is -0.504 e. The van der Waals surface area contributed by atoms with Crippen LogP contribution in [0.1, 0.15) is 48.8 Å². The molecule has 3 fully saturated rings. The molecule has 1 N–H and O–H groups in total. The molecule has 3 aliphatic carbocycles. The van der Waals surface area contributed by atoms with Gasteiger partial charge in [-0.1, -0.05) is 29.8 Å². The quantitative estimate of drug-likeness (QED) is 0.638. The van der Waals surface area contributed by atoms with Crippen molar-refractivity contribution in [3.8, 4) is 11.5 Å². The Morgan fingerprint density at radius 3 is 2.74 bits per heavy atom. The summed E-state index contributed by atoms with van der Waals surface area (Å²) in [6.45, 7) is 2.66. The normalized spacial score (nSPS) is 37.3. The number of hydrogen-bond acceptors (Lipinski definition) is 4. The molecule has 178 valence electrons. The molecule has 2 aliphatic heterocycles. The van der Waals surface area contributed by atoms with Gasteiger partial charge in [0.1, 0.15) is 11.6 Å². The van der Waals surface area contributed by atoms with Gasteiger partial charge < -0.3 is 19.1 Å². The summed E-state index contributed by atoms with van der Waals surface area (Å²) >= 11 is 6.13. The van der Waals surface area contributed by atoms with Crippen LogP contribution in [0.2, 0.25) is 5.02 Å². The first-order valence-corrected chi connectivity index (χ1v) is 13.0. The number of hydrogen-bond donors (Lipinski definition) is 1. The van der Waals surface area contributed by atoms with Gasteiger partial charge in [0.15, 0.2) is 23.4 Å². The van der Waals surface area contributed by atoms with Crippen molar-refractivity contribution >= 4 is 17.4 Å². The molecule has 6 heteroatoms. The van der Waals surface area contributed by atoms with E-state index in [9.17, 15) is 9.90 Å². The maximum Gasteiger partial charge on any atom is 0.174 e. The van der Waals surface area contributed by atoms with Crippen molar-refractivity contribution in [1.29, 1.82) is 0 Å². The van der Waals surface area contributed by atoms with E-state index in [-0.39, 0.29) is 17.6 Å². The summed E-state index contributed by atoms with van der Waals surface area (Å²) in [4.78, 5) is 13.4. The number of benzene rings is 2. The van der Waals surface area contributed by atoms with Crippen LogP contribution in [0, 0.1) is 5.92 Å². The number of halogens is 1. The van der Waals surface area contributed by atoms with Gasteiger partial charge in [0.25, 0.3) is 0 Å². The van der Waals surface area contributed by atoms with Gasteiger partial charge in [0, 0.05) is 35.8 Å². The van der Waals surface area contributed by atoms with Crippen LogP contribution < -0.4 is 4.74 Å².